The summed E-state index contributed by atoms with van der Waals surface area (Å²) >= 11 is 0. The molecular formula is C17H20N2. The molecule has 2 nitrogen and oxygen atoms in total. The molecule has 0 aliphatic carbocycles. The minimum atomic E-state index is 0.100. The Morgan fingerprint density at radius 1 is 1.00 bits per heavy atom. The second kappa shape index (κ2) is 4.61. The van der Waals surface area contributed by atoms with E-state index in [-0.39, 0.29) is 5.54 Å². The lowest BCUT2D eigenvalue weighted by atomic mass is 9.98. The second-order valence-electron chi connectivity index (χ2n) is 5.87. The summed E-state index contributed by atoms with van der Waals surface area (Å²) in [6, 6.07) is 19.2. The largest absolute Gasteiger partial charge is 0.377 e. The lowest BCUT2D eigenvalue weighted by molar-refractivity contribution is 0.530. The van der Waals surface area contributed by atoms with Crippen LogP contribution in [0, 0.1) is 0 Å². The molecule has 0 saturated carbocycles. The van der Waals surface area contributed by atoms with E-state index in [9.17, 15) is 0 Å². The molecule has 1 aliphatic heterocycles. The van der Waals surface area contributed by atoms with Crippen molar-refractivity contribution in [1.82, 2.24) is 0 Å². The van der Waals surface area contributed by atoms with Crippen molar-refractivity contribution >= 4 is 11.4 Å². The van der Waals surface area contributed by atoms with E-state index >= 15 is 0 Å². The third kappa shape index (κ3) is 2.58. The van der Waals surface area contributed by atoms with Gasteiger partial charge in [0.05, 0.1) is 11.4 Å². The average molecular weight is 252 g/mol. The average Bonchev–Trinajstić information content (AvgIpc) is 2.38. The molecule has 0 atom stereocenters. The monoisotopic (exact) mass is 252 g/mol. The molecule has 2 aromatic rings. The van der Waals surface area contributed by atoms with Crippen molar-refractivity contribution in [2.75, 3.05) is 16.8 Å². The Morgan fingerprint density at radius 2 is 1.68 bits per heavy atom. The molecule has 0 fully saturated rings. The molecule has 98 valence electrons. The summed E-state index contributed by atoms with van der Waals surface area (Å²) in [5.41, 5.74) is 3.98. The van der Waals surface area contributed by atoms with Crippen molar-refractivity contribution in [3.8, 4) is 0 Å². The number of fused-ring (bicyclic) bond motifs is 1. The van der Waals surface area contributed by atoms with Gasteiger partial charge in [-0.05, 0) is 31.5 Å². The van der Waals surface area contributed by atoms with Crippen LogP contribution in [0.25, 0.3) is 0 Å². The first-order chi connectivity index (χ1) is 9.14. The van der Waals surface area contributed by atoms with E-state index in [0.717, 1.165) is 13.1 Å². The lowest BCUT2D eigenvalue weighted by Gasteiger charge is -2.42. The zero-order valence-corrected chi connectivity index (χ0v) is 11.6. The molecule has 0 saturated heterocycles. The van der Waals surface area contributed by atoms with Gasteiger partial charge in [-0.1, -0.05) is 42.5 Å². The molecule has 1 aliphatic rings. The highest BCUT2D eigenvalue weighted by Crippen LogP contribution is 2.34. The van der Waals surface area contributed by atoms with Crippen molar-refractivity contribution in [2.24, 2.45) is 0 Å². The molecule has 0 spiro atoms. The molecule has 1 N–H and O–H groups in total. The fraction of sp³-hybridized carbons (Fsp3) is 0.294. The van der Waals surface area contributed by atoms with Gasteiger partial charge in [0.25, 0.3) is 0 Å². The zero-order valence-electron chi connectivity index (χ0n) is 11.6. The highest BCUT2D eigenvalue weighted by atomic mass is 15.2. The van der Waals surface area contributed by atoms with Gasteiger partial charge in [0.1, 0.15) is 0 Å². The van der Waals surface area contributed by atoms with E-state index in [1.165, 1.54) is 16.9 Å². The summed E-state index contributed by atoms with van der Waals surface area (Å²) < 4.78 is 0. The standard InChI is InChI=1S/C17H20N2/c1-17(2)13-19(12-14-8-4-3-5-9-14)16-11-7-6-10-15(16)18-17/h3-11,18H,12-13H2,1-2H3. The number of hydrogen-bond donors (Lipinski definition) is 1. The van der Waals surface area contributed by atoms with Gasteiger partial charge in [-0.3, -0.25) is 0 Å². The van der Waals surface area contributed by atoms with Gasteiger partial charge in [0.2, 0.25) is 0 Å². The smallest absolute Gasteiger partial charge is 0.0606 e. The molecule has 0 unspecified atom stereocenters. The molecule has 0 amide bonds. The van der Waals surface area contributed by atoms with Crippen LogP contribution >= 0.6 is 0 Å². The number of nitrogens with one attached hydrogen (secondary N) is 1. The molecule has 19 heavy (non-hydrogen) atoms. The van der Waals surface area contributed by atoms with Crippen molar-refractivity contribution in [3.05, 3.63) is 60.2 Å². The zero-order chi connectivity index (χ0) is 13.3. The molecule has 1 heterocycles. The highest BCUT2D eigenvalue weighted by molar-refractivity contribution is 5.73. The van der Waals surface area contributed by atoms with Gasteiger partial charge in [-0.25, -0.2) is 0 Å². The Labute approximate surface area is 115 Å². The second-order valence-corrected chi connectivity index (χ2v) is 5.87. The van der Waals surface area contributed by atoms with E-state index in [1.54, 1.807) is 0 Å². The molecular weight excluding hydrogens is 232 g/mol. The van der Waals surface area contributed by atoms with E-state index in [1.807, 2.05) is 0 Å². The van der Waals surface area contributed by atoms with Crippen LogP contribution < -0.4 is 10.2 Å². The van der Waals surface area contributed by atoms with Crippen LogP contribution in [0.3, 0.4) is 0 Å². The molecule has 2 heteroatoms. The van der Waals surface area contributed by atoms with Crippen molar-refractivity contribution in [3.63, 3.8) is 0 Å². The van der Waals surface area contributed by atoms with Gasteiger partial charge < -0.3 is 10.2 Å². The number of nitrogens with zero attached hydrogens (tertiary/aromatic N) is 1. The van der Waals surface area contributed by atoms with E-state index in [2.05, 4.69) is 78.7 Å². The van der Waals surface area contributed by atoms with Crippen LogP contribution in [0.5, 0.6) is 0 Å². The van der Waals surface area contributed by atoms with Crippen molar-refractivity contribution < 1.29 is 0 Å². The van der Waals surface area contributed by atoms with Crippen molar-refractivity contribution in [2.45, 2.75) is 25.9 Å². The molecule has 0 aromatic heterocycles. The minimum absolute atomic E-state index is 0.100. The van der Waals surface area contributed by atoms with Crippen LogP contribution in [0.4, 0.5) is 11.4 Å². The fourth-order valence-electron chi connectivity index (χ4n) is 2.77. The number of benzene rings is 2. The normalized spacial score (nSPS) is 16.6. The SMILES string of the molecule is CC1(C)CN(Cc2ccccc2)c2ccccc2N1. The summed E-state index contributed by atoms with van der Waals surface area (Å²) in [4.78, 5) is 2.46. The summed E-state index contributed by atoms with van der Waals surface area (Å²) in [7, 11) is 0. The van der Waals surface area contributed by atoms with Crippen LogP contribution in [0.2, 0.25) is 0 Å². The Balaban J connectivity index is 1.93. The third-order valence-corrected chi connectivity index (χ3v) is 3.52. The Hall–Kier alpha value is -1.96. The van der Waals surface area contributed by atoms with Gasteiger partial charge >= 0.3 is 0 Å². The summed E-state index contributed by atoms with van der Waals surface area (Å²) in [6.07, 6.45) is 0. The van der Waals surface area contributed by atoms with Crippen LogP contribution in [0.15, 0.2) is 54.6 Å². The van der Waals surface area contributed by atoms with Crippen LogP contribution in [-0.4, -0.2) is 12.1 Å². The summed E-state index contributed by atoms with van der Waals surface area (Å²) in [5, 5.41) is 3.61. The predicted octanol–water partition coefficient (Wildman–Crippen LogP) is 3.90. The van der Waals surface area contributed by atoms with E-state index < -0.39 is 0 Å². The van der Waals surface area contributed by atoms with Gasteiger partial charge in [-0.2, -0.15) is 0 Å². The minimum Gasteiger partial charge on any atom is -0.377 e. The molecule has 0 radical (unpaired) electrons. The first-order valence-corrected chi connectivity index (χ1v) is 6.80. The maximum atomic E-state index is 3.61. The van der Waals surface area contributed by atoms with Gasteiger partial charge in [0.15, 0.2) is 0 Å². The summed E-state index contributed by atoms with van der Waals surface area (Å²) in [5.74, 6) is 0. The molecule has 2 aromatic carbocycles. The Bertz CT molecular complexity index is 560. The maximum Gasteiger partial charge on any atom is 0.0606 e. The first-order valence-electron chi connectivity index (χ1n) is 6.80. The lowest BCUT2D eigenvalue weighted by Crippen LogP contribution is -2.48. The van der Waals surface area contributed by atoms with Gasteiger partial charge in [-0.15, -0.1) is 0 Å². The Morgan fingerprint density at radius 3 is 2.47 bits per heavy atom. The quantitative estimate of drug-likeness (QED) is 0.872. The topological polar surface area (TPSA) is 15.3 Å². The maximum absolute atomic E-state index is 3.61. The first kappa shape index (κ1) is 12.1. The number of hydrogen-bond acceptors (Lipinski definition) is 2. The van der Waals surface area contributed by atoms with Crippen LogP contribution in [0.1, 0.15) is 19.4 Å². The molecule has 0 bridgehead atoms. The highest BCUT2D eigenvalue weighted by Gasteiger charge is 2.28. The van der Waals surface area contributed by atoms with Crippen molar-refractivity contribution in [1.29, 1.82) is 0 Å². The Kier molecular flexibility index (Phi) is 2.94. The molecule has 3 rings (SSSR count). The summed E-state index contributed by atoms with van der Waals surface area (Å²) in [6.45, 7) is 6.48. The predicted molar refractivity (Wildman–Crippen MR) is 81.6 cm³/mol. The van der Waals surface area contributed by atoms with Crippen LogP contribution in [-0.2, 0) is 6.54 Å². The third-order valence-electron chi connectivity index (χ3n) is 3.52. The number of anilines is 2. The number of rotatable bonds is 2. The van der Waals surface area contributed by atoms with E-state index in [0.29, 0.717) is 0 Å². The fourth-order valence-corrected chi connectivity index (χ4v) is 2.77. The van der Waals surface area contributed by atoms with Gasteiger partial charge in [0, 0.05) is 18.6 Å². The van der Waals surface area contributed by atoms with E-state index in [4.69, 9.17) is 0 Å². The number of para-hydroxylation sites is 2.